The van der Waals surface area contributed by atoms with Crippen LogP contribution in [0.3, 0.4) is 0 Å². The first-order valence-electron chi connectivity index (χ1n) is 6.10. The number of carboxylic acid groups (broad SMARTS) is 1. The third kappa shape index (κ3) is 4.37. The van der Waals surface area contributed by atoms with Crippen molar-refractivity contribution in [1.29, 1.82) is 0 Å². The van der Waals surface area contributed by atoms with Crippen LogP contribution in [0.15, 0.2) is 24.3 Å². The van der Waals surface area contributed by atoms with E-state index in [1.165, 1.54) is 11.0 Å². The number of anilines is 1. The molecule has 0 radical (unpaired) electrons. The van der Waals surface area contributed by atoms with Gasteiger partial charge < -0.3 is 15.7 Å². The fourth-order valence-electron chi connectivity index (χ4n) is 1.68. The Morgan fingerprint density at radius 2 is 1.89 bits per heavy atom. The number of para-hydroxylation sites is 1. The standard InChI is InChI=1S/C14H20N2O3/c1-14(2,15)9-8-12(17)16(3)11-7-5-4-6-10(11)13(18)19/h4-7H,8-9,15H2,1-3H3,(H,18,19). The van der Waals surface area contributed by atoms with Crippen LogP contribution in [-0.4, -0.2) is 29.6 Å². The predicted octanol–water partition coefficient (Wildman–Crippen LogP) is 1.87. The van der Waals surface area contributed by atoms with Crippen LogP contribution in [-0.2, 0) is 4.79 Å². The fourth-order valence-corrected chi connectivity index (χ4v) is 1.68. The normalized spacial score (nSPS) is 11.2. The van der Waals surface area contributed by atoms with Gasteiger partial charge in [0.1, 0.15) is 0 Å². The molecule has 104 valence electrons. The number of carboxylic acids is 1. The van der Waals surface area contributed by atoms with Gasteiger partial charge in [0.2, 0.25) is 5.91 Å². The van der Waals surface area contributed by atoms with E-state index in [9.17, 15) is 9.59 Å². The first kappa shape index (κ1) is 15.2. The summed E-state index contributed by atoms with van der Waals surface area (Å²) in [4.78, 5) is 24.5. The molecule has 1 aromatic carbocycles. The second-order valence-corrected chi connectivity index (χ2v) is 5.26. The number of nitrogens with zero attached hydrogens (tertiary/aromatic N) is 1. The average molecular weight is 264 g/mol. The number of carbonyl (C=O) groups excluding carboxylic acids is 1. The molecule has 0 atom stereocenters. The molecule has 0 saturated carbocycles. The van der Waals surface area contributed by atoms with Crippen molar-refractivity contribution in [2.24, 2.45) is 5.73 Å². The highest BCUT2D eigenvalue weighted by atomic mass is 16.4. The summed E-state index contributed by atoms with van der Waals surface area (Å²) in [7, 11) is 1.58. The minimum Gasteiger partial charge on any atom is -0.478 e. The van der Waals surface area contributed by atoms with E-state index in [0.29, 0.717) is 12.1 Å². The maximum Gasteiger partial charge on any atom is 0.337 e. The number of amides is 1. The van der Waals surface area contributed by atoms with Crippen molar-refractivity contribution >= 4 is 17.6 Å². The molecule has 0 bridgehead atoms. The molecule has 0 aliphatic carbocycles. The molecule has 0 spiro atoms. The SMILES string of the molecule is CN(C(=O)CCC(C)(C)N)c1ccccc1C(=O)O. The van der Waals surface area contributed by atoms with Gasteiger partial charge in [-0.1, -0.05) is 12.1 Å². The topological polar surface area (TPSA) is 83.6 Å². The lowest BCUT2D eigenvalue weighted by Gasteiger charge is -2.22. The van der Waals surface area contributed by atoms with Crippen molar-refractivity contribution in [3.8, 4) is 0 Å². The largest absolute Gasteiger partial charge is 0.478 e. The van der Waals surface area contributed by atoms with Gasteiger partial charge in [-0.25, -0.2) is 4.79 Å². The first-order chi connectivity index (χ1) is 8.72. The number of aromatic carboxylic acids is 1. The summed E-state index contributed by atoms with van der Waals surface area (Å²) in [6.45, 7) is 3.71. The van der Waals surface area contributed by atoms with E-state index in [1.54, 1.807) is 25.2 Å². The molecule has 0 unspecified atom stereocenters. The van der Waals surface area contributed by atoms with Gasteiger partial charge in [-0.3, -0.25) is 4.79 Å². The summed E-state index contributed by atoms with van der Waals surface area (Å²) in [5.41, 5.74) is 5.94. The Hall–Kier alpha value is -1.88. The minimum absolute atomic E-state index is 0.116. The second-order valence-electron chi connectivity index (χ2n) is 5.26. The lowest BCUT2D eigenvalue weighted by atomic mass is 9.99. The van der Waals surface area contributed by atoms with Gasteiger partial charge in [-0.2, -0.15) is 0 Å². The van der Waals surface area contributed by atoms with Gasteiger partial charge in [0, 0.05) is 19.0 Å². The number of rotatable bonds is 5. The highest BCUT2D eigenvalue weighted by Crippen LogP contribution is 2.20. The zero-order valence-electron chi connectivity index (χ0n) is 11.5. The third-order valence-corrected chi connectivity index (χ3v) is 2.85. The zero-order chi connectivity index (χ0) is 14.6. The average Bonchev–Trinajstić information content (AvgIpc) is 2.34. The second kappa shape index (κ2) is 5.84. The van der Waals surface area contributed by atoms with Crippen molar-refractivity contribution in [1.82, 2.24) is 0 Å². The maximum atomic E-state index is 12.0. The first-order valence-corrected chi connectivity index (χ1v) is 6.10. The quantitative estimate of drug-likeness (QED) is 0.850. The molecule has 0 aromatic heterocycles. The van der Waals surface area contributed by atoms with Gasteiger partial charge in [0.05, 0.1) is 11.3 Å². The van der Waals surface area contributed by atoms with Crippen LogP contribution < -0.4 is 10.6 Å². The monoisotopic (exact) mass is 264 g/mol. The lowest BCUT2D eigenvalue weighted by molar-refractivity contribution is -0.118. The van der Waals surface area contributed by atoms with Crippen LogP contribution >= 0.6 is 0 Å². The molecule has 0 aliphatic rings. The Kier molecular flexibility index (Phi) is 4.67. The smallest absolute Gasteiger partial charge is 0.337 e. The van der Waals surface area contributed by atoms with E-state index in [-0.39, 0.29) is 17.9 Å². The van der Waals surface area contributed by atoms with E-state index < -0.39 is 11.5 Å². The number of benzene rings is 1. The zero-order valence-corrected chi connectivity index (χ0v) is 11.5. The van der Waals surface area contributed by atoms with Crippen molar-refractivity contribution in [2.45, 2.75) is 32.2 Å². The molecule has 0 saturated heterocycles. The molecule has 5 nitrogen and oxygen atoms in total. The van der Waals surface area contributed by atoms with Crippen molar-refractivity contribution < 1.29 is 14.7 Å². The maximum absolute atomic E-state index is 12.0. The molecule has 0 fully saturated rings. The molecule has 1 amide bonds. The molecule has 0 heterocycles. The number of nitrogens with two attached hydrogens (primary N) is 1. The van der Waals surface area contributed by atoms with Crippen molar-refractivity contribution in [3.05, 3.63) is 29.8 Å². The van der Waals surface area contributed by atoms with E-state index in [0.717, 1.165) is 0 Å². The van der Waals surface area contributed by atoms with Gasteiger partial charge in [0.15, 0.2) is 0 Å². The van der Waals surface area contributed by atoms with Crippen LogP contribution in [0.25, 0.3) is 0 Å². The van der Waals surface area contributed by atoms with Crippen LogP contribution in [0, 0.1) is 0 Å². The minimum atomic E-state index is -1.05. The van der Waals surface area contributed by atoms with Crippen molar-refractivity contribution in [3.63, 3.8) is 0 Å². The molecular weight excluding hydrogens is 244 g/mol. The highest BCUT2D eigenvalue weighted by Gasteiger charge is 2.20. The molecule has 1 rings (SSSR count). The summed E-state index contributed by atoms with van der Waals surface area (Å²) in [5, 5.41) is 9.10. The van der Waals surface area contributed by atoms with E-state index >= 15 is 0 Å². The van der Waals surface area contributed by atoms with Gasteiger partial charge in [0.25, 0.3) is 0 Å². The third-order valence-electron chi connectivity index (χ3n) is 2.85. The molecule has 1 aromatic rings. The van der Waals surface area contributed by atoms with Gasteiger partial charge in [-0.15, -0.1) is 0 Å². The Labute approximate surface area is 113 Å². The Bertz CT molecular complexity index is 478. The Morgan fingerprint density at radius 1 is 1.32 bits per heavy atom. The Morgan fingerprint density at radius 3 is 2.42 bits per heavy atom. The molecule has 0 aliphatic heterocycles. The van der Waals surface area contributed by atoms with Gasteiger partial charge >= 0.3 is 5.97 Å². The van der Waals surface area contributed by atoms with Crippen LogP contribution in [0.4, 0.5) is 5.69 Å². The van der Waals surface area contributed by atoms with E-state index in [4.69, 9.17) is 10.8 Å². The number of hydrogen-bond donors (Lipinski definition) is 2. The summed E-state index contributed by atoms with van der Waals surface area (Å²) < 4.78 is 0. The number of carbonyl (C=O) groups is 2. The van der Waals surface area contributed by atoms with Crippen LogP contribution in [0.5, 0.6) is 0 Å². The van der Waals surface area contributed by atoms with Crippen LogP contribution in [0.2, 0.25) is 0 Å². The predicted molar refractivity (Wildman–Crippen MR) is 74.3 cm³/mol. The van der Waals surface area contributed by atoms with E-state index in [1.807, 2.05) is 13.8 Å². The molecular formula is C14H20N2O3. The molecule has 19 heavy (non-hydrogen) atoms. The van der Waals surface area contributed by atoms with Crippen molar-refractivity contribution in [2.75, 3.05) is 11.9 Å². The summed E-state index contributed by atoms with van der Waals surface area (Å²) >= 11 is 0. The molecule has 5 heteroatoms. The van der Waals surface area contributed by atoms with Crippen LogP contribution in [0.1, 0.15) is 37.0 Å². The summed E-state index contributed by atoms with van der Waals surface area (Å²) in [6, 6.07) is 6.44. The van der Waals surface area contributed by atoms with Gasteiger partial charge in [-0.05, 0) is 32.4 Å². The summed E-state index contributed by atoms with van der Waals surface area (Å²) in [6.07, 6.45) is 0.833. The summed E-state index contributed by atoms with van der Waals surface area (Å²) in [5.74, 6) is -1.19. The van der Waals surface area contributed by atoms with E-state index in [2.05, 4.69) is 0 Å². The Balaban J connectivity index is 2.86. The highest BCUT2D eigenvalue weighted by molar-refractivity contribution is 6.01. The fraction of sp³-hybridized carbons (Fsp3) is 0.429. The molecule has 3 N–H and O–H groups in total. The number of hydrogen-bond acceptors (Lipinski definition) is 3. The lowest BCUT2D eigenvalue weighted by Crippen LogP contribution is -2.35.